The number of ketones is 1. The number of aryl methyl sites for hydroxylation is 1. The van der Waals surface area contributed by atoms with Crippen LogP contribution in [0, 0.1) is 6.92 Å². The second-order valence-corrected chi connectivity index (χ2v) is 8.60. The van der Waals surface area contributed by atoms with Crippen molar-refractivity contribution in [2.75, 3.05) is 20.2 Å². The fourth-order valence-corrected chi connectivity index (χ4v) is 4.52. The highest BCUT2D eigenvalue weighted by atomic mass is 32.2. The number of likely N-dealkylation sites (N-methyl/N-ethyl adjacent to an activating group) is 1. The summed E-state index contributed by atoms with van der Waals surface area (Å²) in [6.07, 6.45) is 0. The van der Waals surface area contributed by atoms with Crippen LogP contribution in [0.5, 0.6) is 0 Å². The molecule has 1 aliphatic heterocycles. The number of fused-ring (bicyclic) bond motifs is 1. The first kappa shape index (κ1) is 18.3. The van der Waals surface area contributed by atoms with Crippen molar-refractivity contribution in [3.8, 4) is 0 Å². The molecule has 1 aliphatic rings. The lowest BCUT2D eigenvalue weighted by Crippen LogP contribution is -2.33. The van der Waals surface area contributed by atoms with Gasteiger partial charge in [-0.05, 0) is 31.2 Å². The minimum absolute atomic E-state index is 0.110. The molecule has 0 fully saturated rings. The summed E-state index contributed by atoms with van der Waals surface area (Å²) in [6.45, 7) is 1.31. The lowest BCUT2D eigenvalue weighted by Gasteiger charge is -2.17. The molecule has 1 aromatic carbocycles. The number of carbonyl (C=O) groups is 2. The Balaban J connectivity index is 1.62. The molecule has 136 valence electrons. The molecule has 0 atom stereocenters. The van der Waals surface area contributed by atoms with E-state index in [1.807, 2.05) is 13.0 Å². The largest absolute Gasteiger partial charge is 0.456 e. The average molecular weight is 392 g/mol. The normalized spacial score (nSPS) is 14.5. The first-order chi connectivity index (χ1) is 12.3. The van der Waals surface area contributed by atoms with Gasteiger partial charge < -0.3 is 9.64 Å². The molecule has 0 aliphatic carbocycles. The molecule has 0 bridgehead atoms. The zero-order chi connectivity index (χ0) is 18.9. The lowest BCUT2D eigenvalue weighted by atomic mass is 10.2. The molecule has 3 rings (SSSR count). The summed E-state index contributed by atoms with van der Waals surface area (Å²) in [6, 6.07) is 9.92. The molecule has 0 saturated carbocycles. The van der Waals surface area contributed by atoms with Gasteiger partial charge in [-0.25, -0.2) is 0 Å². The molecule has 26 heavy (non-hydrogen) atoms. The van der Waals surface area contributed by atoms with Gasteiger partial charge >= 0.3 is 5.97 Å². The number of carbonyl (C=O) groups excluding carboxylic acids is 2. The van der Waals surface area contributed by atoms with Crippen molar-refractivity contribution in [1.82, 2.24) is 4.90 Å². The Labute approximate surface area is 155 Å². The minimum Gasteiger partial charge on any atom is -0.456 e. The molecular formula is C17H16N2O5S2. The van der Waals surface area contributed by atoms with Gasteiger partial charge in [0.15, 0.2) is 12.4 Å². The van der Waals surface area contributed by atoms with Gasteiger partial charge in [0, 0.05) is 17.5 Å². The van der Waals surface area contributed by atoms with E-state index < -0.39 is 16.0 Å². The Morgan fingerprint density at radius 1 is 1.19 bits per heavy atom. The molecule has 9 heteroatoms. The maximum absolute atomic E-state index is 12.1. The van der Waals surface area contributed by atoms with E-state index in [1.165, 1.54) is 22.3 Å². The Morgan fingerprint density at radius 2 is 1.92 bits per heavy atom. The van der Waals surface area contributed by atoms with Crippen LogP contribution in [0.25, 0.3) is 0 Å². The summed E-state index contributed by atoms with van der Waals surface area (Å²) in [5.41, 5.74) is 0.438. The number of amidine groups is 1. The summed E-state index contributed by atoms with van der Waals surface area (Å²) >= 11 is 1.34. The summed E-state index contributed by atoms with van der Waals surface area (Å²) in [7, 11) is -2.21. The zero-order valence-electron chi connectivity index (χ0n) is 14.1. The van der Waals surface area contributed by atoms with Crippen LogP contribution in [0.1, 0.15) is 20.1 Å². The smallest absolute Gasteiger partial charge is 0.326 e. The highest BCUT2D eigenvalue weighted by Crippen LogP contribution is 2.26. The molecule has 2 aromatic rings. The monoisotopic (exact) mass is 392 g/mol. The number of benzene rings is 1. The van der Waals surface area contributed by atoms with Crippen molar-refractivity contribution < 1.29 is 22.7 Å². The number of thiophene rings is 1. The molecule has 7 nitrogen and oxygen atoms in total. The van der Waals surface area contributed by atoms with Crippen LogP contribution in [0.3, 0.4) is 0 Å². The van der Waals surface area contributed by atoms with E-state index in [1.54, 1.807) is 31.3 Å². The van der Waals surface area contributed by atoms with Crippen molar-refractivity contribution in [3.63, 3.8) is 0 Å². The third-order valence-electron chi connectivity index (χ3n) is 3.72. The Bertz CT molecular complexity index is 1010. The quantitative estimate of drug-likeness (QED) is 0.570. The third kappa shape index (κ3) is 3.68. The number of nitrogens with zero attached hydrogens (tertiary/aromatic N) is 2. The first-order valence-corrected chi connectivity index (χ1v) is 9.94. The van der Waals surface area contributed by atoms with Crippen LogP contribution >= 0.6 is 11.3 Å². The van der Waals surface area contributed by atoms with Gasteiger partial charge in [-0.1, -0.05) is 12.1 Å². The molecule has 0 N–H and O–H groups in total. The number of esters is 1. The maximum Gasteiger partial charge on any atom is 0.326 e. The van der Waals surface area contributed by atoms with Gasteiger partial charge in [0.2, 0.25) is 5.78 Å². The number of ether oxygens (including phenoxy) is 1. The van der Waals surface area contributed by atoms with Crippen molar-refractivity contribution in [2.24, 2.45) is 4.40 Å². The molecule has 0 spiro atoms. The van der Waals surface area contributed by atoms with E-state index in [-0.39, 0.29) is 29.7 Å². The van der Waals surface area contributed by atoms with E-state index in [0.717, 1.165) is 4.88 Å². The molecule has 2 heterocycles. The van der Waals surface area contributed by atoms with E-state index in [2.05, 4.69) is 4.40 Å². The fourth-order valence-electron chi connectivity index (χ4n) is 2.48. The highest BCUT2D eigenvalue weighted by molar-refractivity contribution is 7.90. The predicted molar refractivity (Wildman–Crippen MR) is 97.1 cm³/mol. The molecule has 0 radical (unpaired) electrons. The van der Waals surface area contributed by atoms with Crippen molar-refractivity contribution in [2.45, 2.75) is 11.8 Å². The third-order valence-corrected chi connectivity index (χ3v) is 6.09. The van der Waals surface area contributed by atoms with Gasteiger partial charge in [0.05, 0.1) is 4.88 Å². The van der Waals surface area contributed by atoms with Gasteiger partial charge in [0.1, 0.15) is 11.4 Å². The molecule has 0 amide bonds. The van der Waals surface area contributed by atoms with Crippen LogP contribution in [-0.4, -0.2) is 51.1 Å². The van der Waals surface area contributed by atoms with Gasteiger partial charge in [-0.15, -0.1) is 15.7 Å². The maximum atomic E-state index is 12.1. The fraction of sp³-hybridized carbons (Fsp3) is 0.235. The second-order valence-electron chi connectivity index (χ2n) is 5.74. The van der Waals surface area contributed by atoms with E-state index in [9.17, 15) is 18.0 Å². The van der Waals surface area contributed by atoms with Crippen molar-refractivity contribution >= 4 is 38.9 Å². The van der Waals surface area contributed by atoms with Gasteiger partial charge in [0.25, 0.3) is 10.0 Å². The summed E-state index contributed by atoms with van der Waals surface area (Å²) in [4.78, 5) is 27.0. The summed E-state index contributed by atoms with van der Waals surface area (Å²) in [5.74, 6) is -0.735. The first-order valence-electron chi connectivity index (χ1n) is 7.69. The lowest BCUT2D eigenvalue weighted by molar-refractivity contribution is -0.142. The average Bonchev–Trinajstić information content (AvgIpc) is 3.14. The van der Waals surface area contributed by atoms with Gasteiger partial charge in [-0.3, -0.25) is 9.59 Å². The van der Waals surface area contributed by atoms with Gasteiger partial charge in [-0.2, -0.15) is 8.42 Å². The van der Waals surface area contributed by atoms with E-state index in [0.29, 0.717) is 10.4 Å². The van der Waals surface area contributed by atoms with Crippen LogP contribution in [0.15, 0.2) is 45.7 Å². The topological polar surface area (TPSA) is 93.1 Å². The standard InChI is InChI=1S/C17H16N2O5S2/c1-11-7-8-14(25-11)13(20)10-24-16(21)9-19(2)17-12-5-3-4-6-15(12)26(22,23)18-17/h3-8H,9-10H2,1-2H3. The van der Waals surface area contributed by atoms with Crippen LogP contribution < -0.4 is 0 Å². The number of hydrogen-bond acceptors (Lipinski definition) is 7. The van der Waals surface area contributed by atoms with Crippen molar-refractivity contribution in [1.29, 1.82) is 0 Å². The van der Waals surface area contributed by atoms with Crippen LogP contribution in [0.2, 0.25) is 0 Å². The molecule has 0 saturated heterocycles. The summed E-state index contributed by atoms with van der Waals surface area (Å²) < 4.78 is 32.8. The molecule has 1 aromatic heterocycles. The predicted octanol–water partition coefficient (Wildman–Crippen LogP) is 1.86. The zero-order valence-corrected chi connectivity index (χ0v) is 15.8. The Hall–Kier alpha value is -2.52. The summed E-state index contributed by atoms with van der Waals surface area (Å²) in [5, 5.41) is 0. The van der Waals surface area contributed by atoms with E-state index in [4.69, 9.17) is 4.74 Å². The van der Waals surface area contributed by atoms with Crippen molar-refractivity contribution in [3.05, 3.63) is 51.7 Å². The number of rotatable bonds is 5. The van der Waals surface area contributed by atoms with Crippen LogP contribution in [0.4, 0.5) is 0 Å². The second kappa shape index (κ2) is 7.00. The highest BCUT2D eigenvalue weighted by Gasteiger charge is 2.31. The number of hydrogen-bond donors (Lipinski definition) is 0. The van der Waals surface area contributed by atoms with Crippen LogP contribution in [-0.2, 0) is 19.6 Å². The molecular weight excluding hydrogens is 376 g/mol. The Kier molecular flexibility index (Phi) is 4.92. The SMILES string of the molecule is Cc1ccc(C(=O)COC(=O)CN(C)C2=NS(=O)(=O)c3ccccc32)s1. The minimum atomic E-state index is -3.75. The molecule has 0 unspecified atom stereocenters. The Morgan fingerprint density at radius 3 is 2.62 bits per heavy atom. The number of Topliss-reactive ketones (excluding diaryl/α,β-unsaturated/α-hetero) is 1. The number of sulfonamides is 1. The van der Waals surface area contributed by atoms with E-state index >= 15 is 0 Å².